The zero-order chi connectivity index (χ0) is 18.2. The molecule has 0 bridgehead atoms. The fourth-order valence-electron chi connectivity index (χ4n) is 2.76. The van der Waals surface area contributed by atoms with Gasteiger partial charge in [-0.1, -0.05) is 6.07 Å². The zero-order valence-corrected chi connectivity index (χ0v) is 18.0. The Morgan fingerprint density at radius 2 is 1.96 bits per heavy atom. The topological polar surface area (TPSA) is 60.0 Å². The summed E-state index contributed by atoms with van der Waals surface area (Å²) in [7, 11) is 3.61. The molecule has 8 heteroatoms. The van der Waals surface area contributed by atoms with Crippen molar-refractivity contribution in [3.8, 4) is 0 Å². The number of hydrogen-bond donors (Lipinski definition) is 2. The summed E-state index contributed by atoms with van der Waals surface area (Å²) in [5, 5.41) is 6.17. The van der Waals surface area contributed by atoms with Gasteiger partial charge in [0.1, 0.15) is 5.82 Å². The second-order valence-corrected chi connectivity index (χ2v) is 6.32. The lowest BCUT2D eigenvalue weighted by Crippen LogP contribution is -2.44. The van der Waals surface area contributed by atoms with Gasteiger partial charge in [-0.2, -0.15) is 0 Å². The molecule has 1 fully saturated rings. The summed E-state index contributed by atoms with van der Waals surface area (Å²) in [5.74, 6) is 0.386. The van der Waals surface area contributed by atoms with E-state index in [0.29, 0.717) is 24.7 Å². The SMILES string of the molecule is CCNC(=NCc1ccc(N(C)C)c(F)c1)NCC(=O)N1CCCC1.I. The first kappa shape index (κ1) is 22.5. The van der Waals surface area contributed by atoms with Crippen LogP contribution in [0.3, 0.4) is 0 Å². The Morgan fingerprint density at radius 1 is 1.27 bits per heavy atom. The van der Waals surface area contributed by atoms with Crippen molar-refractivity contribution >= 4 is 41.5 Å². The summed E-state index contributed by atoms with van der Waals surface area (Å²) in [5.41, 5.74) is 1.33. The van der Waals surface area contributed by atoms with E-state index in [0.717, 1.165) is 31.5 Å². The van der Waals surface area contributed by atoms with E-state index < -0.39 is 0 Å². The molecule has 2 rings (SSSR count). The molecule has 1 aromatic rings. The average Bonchev–Trinajstić information content (AvgIpc) is 3.11. The molecule has 0 aliphatic carbocycles. The number of likely N-dealkylation sites (tertiary alicyclic amines) is 1. The van der Waals surface area contributed by atoms with E-state index >= 15 is 0 Å². The largest absolute Gasteiger partial charge is 0.375 e. The summed E-state index contributed by atoms with van der Waals surface area (Å²) in [6, 6.07) is 5.11. The molecule has 1 heterocycles. The second kappa shape index (κ2) is 11.2. The van der Waals surface area contributed by atoms with E-state index in [-0.39, 0.29) is 42.2 Å². The van der Waals surface area contributed by atoms with Gasteiger partial charge in [0.25, 0.3) is 0 Å². The van der Waals surface area contributed by atoms with E-state index in [1.54, 1.807) is 25.1 Å². The van der Waals surface area contributed by atoms with Crippen molar-refractivity contribution in [3.05, 3.63) is 29.6 Å². The van der Waals surface area contributed by atoms with Crippen molar-refractivity contribution in [1.82, 2.24) is 15.5 Å². The summed E-state index contributed by atoms with van der Waals surface area (Å²) in [4.78, 5) is 20.1. The van der Waals surface area contributed by atoms with Crippen LogP contribution < -0.4 is 15.5 Å². The Bertz CT molecular complexity index is 618. The number of carbonyl (C=O) groups is 1. The third-order valence-electron chi connectivity index (χ3n) is 4.12. The molecule has 6 nitrogen and oxygen atoms in total. The minimum atomic E-state index is -0.264. The van der Waals surface area contributed by atoms with Crippen LogP contribution in [0.5, 0.6) is 0 Å². The smallest absolute Gasteiger partial charge is 0.241 e. The van der Waals surface area contributed by atoms with E-state index in [1.165, 1.54) is 6.07 Å². The number of anilines is 1. The first-order valence-electron chi connectivity index (χ1n) is 8.77. The molecular formula is C18H29FIN5O. The maximum Gasteiger partial charge on any atom is 0.241 e. The number of aliphatic imine (C=N–C) groups is 1. The highest BCUT2D eigenvalue weighted by Gasteiger charge is 2.17. The first-order valence-corrected chi connectivity index (χ1v) is 8.77. The lowest BCUT2D eigenvalue weighted by atomic mass is 10.2. The van der Waals surface area contributed by atoms with Crippen molar-refractivity contribution in [2.75, 3.05) is 45.2 Å². The lowest BCUT2D eigenvalue weighted by molar-refractivity contribution is -0.128. The molecule has 0 unspecified atom stereocenters. The normalized spacial score (nSPS) is 14.0. The highest BCUT2D eigenvalue weighted by molar-refractivity contribution is 14.0. The van der Waals surface area contributed by atoms with Gasteiger partial charge in [-0.3, -0.25) is 4.79 Å². The van der Waals surface area contributed by atoms with Crippen molar-refractivity contribution < 1.29 is 9.18 Å². The lowest BCUT2D eigenvalue weighted by Gasteiger charge is -2.17. The number of rotatable bonds is 6. The molecule has 26 heavy (non-hydrogen) atoms. The van der Waals surface area contributed by atoms with Crippen molar-refractivity contribution in [3.63, 3.8) is 0 Å². The Hall–Kier alpha value is -1.58. The van der Waals surface area contributed by atoms with Gasteiger partial charge in [0.15, 0.2) is 5.96 Å². The summed E-state index contributed by atoms with van der Waals surface area (Å²) in [6.07, 6.45) is 2.16. The highest BCUT2D eigenvalue weighted by atomic mass is 127. The molecule has 0 aromatic heterocycles. The fourth-order valence-corrected chi connectivity index (χ4v) is 2.76. The minimum Gasteiger partial charge on any atom is -0.375 e. The number of halogens is 2. The maximum atomic E-state index is 14.0. The third-order valence-corrected chi connectivity index (χ3v) is 4.12. The van der Waals surface area contributed by atoms with Crippen molar-refractivity contribution in [2.45, 2.75) is 26.3 Å². The number of carbonyl (C=O) groups excluding carboxylic acids is 1. The van der Waals surface area contributed by atoms with Gasteiger partial charge in [-0.05, 0) is 37.5 Å². The van der Waals surface area contributed by atoms with Crippen LogP contribution in [-0.2, 0) is 11.3 Å². The summed E-state index contributed by atoms with van der Waals surface area (Å²) < 4.78 is 14.0. The van der Waals surface area contributed by atoms with E-state index in [2.05, 4.69) is 15.6 Å². The van der Waals surface area contributed by atoms with Gasteiger partial charge in [0.05, 0.1) is 18.8 Å². The van der Waals surface area contributed by atoms with Crippen LogP contribution in [0.1, 0.15) is 25.3 Å². The number of hydrogen-bond acceptors (Lipinski definition) is 3. The van der Waals surface area contributed by atoms with Gasteiger partial charge in [0, 0.05) is 33.7 Å². The molecule has 1 aromatic carbocycles. The number of nitrogens with one attached hydrogen (secondary N) is 2. The second-order valence-electron chi connectivity index (χ2n) is 6.32. The molecule has 0 spiro atoms. The maximum absolute atomic E-state index is 14.0. The van der Waals surface area contributed by atoms with Gasteiger partial charge in [0.2, 0.25) is 5.91 Å². The molecule has 0 saturated carbocycles. The zero-order valence-electron chi connectivity index (χ0n) is 15.7. The monoisotopic (exact) mass is 477 g/mol. The van der Waals surface area contributed by atoms with Crippen LogP contribution >= 0.6 is 24.0 Å². The van der Waals surface area contributed by atoms with Crippen LogP contribution in [0.25, 0.3) is 0 Å². The number of amides is 1. The highest BCUT2D eigenvalue weighted by Crippen LogP contribution is 2.18. The number of nitrogens with zero attached hydrogens (tertiary/aromatic N) is 3. The van der Waals surface area contributed by atoms with Crippen LogP contribution in [0.15, 0.2) is 23.2 Å². The Morgan fingerprint density at radius 3 is 2.54 bits per heavy atom. The van der Waals surface area contributed by atoms with Crippen molar-refractivity contribution in [2.24, 2.45) is 4.99 Å². The molecule has 2 N–H and O–H groups in total. The number of benzene rings is 1. The van der Waals surface area contributed by atoms with E-state index in [9.17, 15) is 9.18 Å². The van der Waals surface area contributed by atoms with Crippen LogP contribution in [0, 0.1) is 5.82 Å². The average molecular weight is 477 g/mol. The third kappa shape index (κ3) is 6.62. The molecule has 0 atom stereocenters. The van der Waals surface area contributed by atoms with Gasteiger partial charge in [-0.15, -0.1) is 24.0 Å². The molecule has 1 aliphatic rings. The van der Waals surface area contributed by atoms with Crippen molar-refractivity contribution in [1.29, 1.82) is 0 Å². The van der Waals surface area contributed by atoms with Gasteiger partial charge >= 0.3 is 0 Å². The quantitative estimate of drug-likeness (QED) is 0.375. The standard InChI is InChI=1S/C18H28FN5O.HI/c1-4-20-18(22-13-17(25)24-9-5-6-10-24)21-12-14-7-8-16(23(2)3)15(19)11-14;/h7-8,11H,4-6,9-10,12-13H2,1-3H3,(H2,20,21,22);1H. The molecule has 1 aliphatic heterocycles. The summed E-state index contributed by atoms with van der Waals surface area (Å²) in [6.45, 7) is 4.90. The van der Waals surface area contributed by atoms with Crippen LogP contribution in [-0.4, -0.2) is 57.0 Å². The molecule has 1 saturated heterocycles. The minimum absolute atomic E-state index is 0. The summed E-state index contributed by atoms with van der Waals surface area (Å²) >= 11 is 0. The predicted molar refractivity (Wildman–Crippen MR) is 115 cm³/mol. The number of guanidine groups is 1. The van der Waals surface area contributed by atoms with E-state index in [1.807, 2.05) is 17.9 Å². The Kier molecular flexibility index (Phi) is 9.68. The Balaban J connectivity index is 0.00000338. The molecule has 1 amide bonds. The molecule has 146 valence electrons. The van der Waals surface area contributed by atoms with Gasteiger partial charge in [-0.25, -0.2) is 9.38 Å². The first-order chi connectivity index (χ1) is 12.0. The fraction of sp³-hybridized carbons (Fsp3) is 0.556. The Labute approximate surface area is 172 Å². The molecular weight excluding hydrogens is 448 g/mol. The van der Waals surface area contributed by atoms with Crippen LogP contribution in [0.4, 0.5) is 10.1 Å². The van der Waals surface area contributed by atoms with Crippen LogP contribution in [0.2, 0.25) is 0 Å². The predicted octanol–water partition coefficient (Wildman–Crippen LogP) is 2.19. The van der Waals surface area contributed by atoms with E-state index in [4.69, 9.17) is 0 Å². The van der Waals surface area contributed by atoms with Gasteiger partial charge < -0.3 is 20.4 Å². The molecule has 0 radical (unpaired) electrons.